The number of hydrogen-bond acceptors (Lipinski definition) is 4. The predicted octanol–water partition coefficient (Wildman–Crippen LogP) is 2.34. The van der Waals surface area contributed by atoms with Gasteiger partial charge in [-0.1, -0.05) is 0 Å². The number of nitrogens with one attached hydrogen (secondary N) is 1. The van der Waals surface area contributed by atoms with Crippen molar-refractivity contribution >= 4 is 21.6 Å². The molecule has 0 aliphatic carbocycles. The fourth-order valence-electron chi connectivity index (χ4n) is 2.06. The van der Waals surface area contributed by atoms with E-state index in [0.29, 0.717) is 10.2 Å². The van der Waals surface area contributed by atoms with Crippen molar-refractivity contribution in [3.63, 3.8) is 0 Å². The van der Waals surface area contributed by atoms with E-state index in [-0.39, 0.29) is 11.3 Å². The molecule has 9 heteroatoms. The lowest BCUT2D eigenvalue weighted by Gasteiger charge is -2.20. The molecule has 1 unspecified atom stereocenters. The summed E-state index contributed by atoms with van der Waals surface area (Å²) in [7, 11) is 1.66. The number of alkyl halides is 3. The standard InChI is InChI=1S/C12H13BrF3N5/c1-21-11(8(13)5-19-21)10(20-18)7-4-6(12(14,15)16)2-3-9(7)17/h2-5,10,20H,17-18H2,1H3. The lowest BCUT2D eigenvalue weighted by Crippen LogP contribution is -2.31. The lowest BCUT2D eigenvalue weighted by molar-refractivity contribution is -0.137. The second-order valence-corrected chi connectivity index (χ2v) is 5.30. The molecule has 114 valence electrons. The van der Waals surface area contributed by atoms with E-state index in [2.05, 4.69) is 26.5 Å². The van der Waals surface area contributed by atoms with Gasteiger partial charge < -0.3 is 5.73 Å². The van der Waals surface area contributed by atoms with Gasteiger partial charge in [-0.25, -0.2) is 5.43 Å². The lowest BCUT2D eigenvalue weighted by atomic mass is 9.99. The maximum atomic E-state index is 12.8. The van der Waals surface area contributed by atoms with Crippen LogP contribution in [-0.2, 0) is 13.2 Å². The number of hydrazine groups is 1. The summed E-state index contributed by atoms with van der Waals surface area (Å²) in [6.45, 7) is 0. The first-order valence-corrected chi connectivity index (χ1v) is 6.65. The van der Waals surface area contributed by atoms with Crippen molar-refractivity contribution in [3.8, 4) is 0 Å². The van der Waals surface area contributed by atoms with E-state index in [1.807, 2.05) is 0 Å². The van der Waals surface area contributed by atoms with Gasteiger partial charge in [-0.3, -0.25) is 10.5 Å². The van der Waals surface area contributed by atoms with E-state index in [1.54, 1.807) is 7.05 Å². The van der Waals surface area contributed by atoms with Gasteiger partial charge in [0.05, 0.1) is 28.0 Å². The van der Waals surface area contributed by atoms with Crippen LogP contribution in [0.3, 0.4) is 0 Å². The number of hydrogen-bond donors (Lipinski definition) is 3. The summed E-state index contributed by atoms with van der Waals surface area (Å²) in [4.78, 5) is 0. The Labute approximate surface area is 127 Å². The van der Waals surface area contributed by atoms with Gasteiger partial charge in [-0.2, -0.15) is 18.3 Å². The number of rotatable bonds is 3. The summed E-state index contributed by atoms with van der Waals surface area (Å²) in [5.41, 5.74) is 8.52. The molecule has 0 aliphatic rings. The Morgan fingerprint density at radius 2 is 2.05 bits per heavy atom. The zero-order valence-electron chi connectivity index (χ0n) is 10.9. The van der Waals surface area contributed by atoms with Crippen LogP contribution in [0.15, 0.2) is 28.9 Å². The minimum Gasteiger partial charge on any atom is -0.398 e. The Bertz CT molecular complexity index is 633. The summed E-state index contributed by atoms with van der Waals surface area (Å²) in [5.74, 6) is 5.51. The van der Waals surface area contributed by atoms with Crippen molar-refractivity contribution in [3.05, 3.63) is 45.7 Å². The largest absolute Gasteiger partial charge is 0.416 e. The highest BCUT2D eigenvalue weighted by molar-refractivity contribution is 9.10. The molecule has 0 fully saturated rings. The number of anilines is 1. The molecule has 1 heterocycles. The van der Waals surface area contributed by atoms with Crippen LogP contribution in [-0.4, -0.2) is 9.78 Å². The number of benzene rings is 1. The van der Waals surface area contributed by atoms with Crippen LogP contribution in [0.25, 0.3) is 0 Å². The van der Waals surface area contributed by atoms with E-state index in [9.17, 15) is 13.2 Å². The summed E-state index contributed by atoms with van der Waals surface area (Å²) in [6, 6.07) is 2.41. The van der Waals surface area contributed by atoms with Crippen LogP contribution < -0.4 is 17.0 Å². The molecule has 1 aromatic heterocycles. The normalized spacial score (nSPS) is 13.4. The molecule has 0 saturated carbocycles. The Morgan fingerprint density at radius 3 is 2.52 bits per heavy atom. The first kappa shape index (κ1) is 15.8. The van der Waals surface area contributed by atoms with Crippen LogP contribution in [0, 0.1) is 0 Å². The third-order valence-electron chi connectivity index (χ3n) is 3.10. The van der Waals surface area contributed by atoms with Gasteiger partial charge in [0.15, 0.2) is 0 Å². The van der Waals surface area contributed by atoms with Gasteiger partial charge in [-0.05, 0) is 39.7 Å². The van der Waals surface area contributed by atoms with Crippen LogP contribution in [0.5, 0.6) is 0 Å². The Hall–Kier alpha value is -1.58. The third-order valence-corrected chi connectivity index (χ3v) is 3.71. The number of halogens is 4. The first-order chi connectivity index (χ1) is 9.75. The van der Waals surface area contributed by atoms with Crippen LogP contribution >= 0.6 is 15.9 Å². The maximum absolute atomic E-state index is 12.8. The maximum Gasteiger partial charge on any atom is 0.416 e. The molecule has 2 aromatic rings. The molecule has 0 aliphatic heterocycles. The molecule has 5 N–H and O–H groups in total. The fraction of sp³-hybridized carbons (Fsp3) is 0.250. The highest BCUT2D eigenvalue weighted by Gasteiger charge is 2.32. The summed E-state index contributed by atoms with van der Waals surface area (Å²) in [6.07, 6.45) is -2.92. The molecule has 0 radical (unpaired) electrons. The van der Waals surface area contributed by atoms with Gasteiger partial charge in [0.25, 0.3) is 0 Å². The van der Waals surface area contributed by atoms with E-state index in [0.717, 1.165) is 12.1 Å². The molecule has 0 saturated heterocycles. The smallest absolute Gasteiger partial charge is 0.398 e. The number of nitrogens with two attached hydrogens (primary N) is 2. The zero-order chi connectivity index (χ0) is 15.8. The minimum atomic E-state index is -4.45. The van der Waals surface area contributed by atoms with Crippen molar-refractivity contribution in [1.82, 2.24) is 15.2 Å². The highest BCUT2D eigenvalue weighted by atomic mass is 79.9. The third kappa shape index (κ3) is 3.04. The van der Waals surface area contributed by atoms with Crippen molar-refractivity contribution < 1.29 is 13.2 Å². The molecule has 0 bridgehead atoms. The van der Waals surface area contributed by atoms with E-state index in [1.165, 1.54) is 16.9 Å². The van der Waals surface area contributed by atoms with E-state index >= 15 is 0 Å². The van der Waals surface area contributed by atoms with Crippen molar-refractivity contribution in [1.29, 1.82) is 0 Å². The van der Waals surface area contributed by atoms with Gasteiger partial charge in [0, 0.05) is 12.7 Å². The molecular formula is C12H13BrF3N5. The molecule has 1 atom stereocenters. The SMILES string of the molecule is Cn1ncc(Br)c1C(NN)c1cc(C(F)(F)F)ccc1N. The molecule has 5 nitrogen and oxygen atoms in total. The number of nitrogens with zero attached hydrogens (tertiary/aromatic N) is 2. The summed E-state index contributed by atoms with van der Waals surface area (Å²) in [5, 5.41) is 4.02. The zero-order valence-corrected chi connectivity index (χ0v) is 12.5. The molecule has 2 rings (SSSR count). The second kappa shape index (κ2) is 5.66. The van der Waals surface area contributed by atoms with Gasteiger partial charge >= 0.3 is 6.18 Å². The van der Waals surface area contributed by atoms with Crippen LogP contribution in [0.1, 0.15) is 22.9 Å². The highest BCUT2D eigenvalue weighted by Crippen LogP contribution is 2.36. The van der Waals surface area contributed by atoms with Crippen molar-refractivity contribution in [2.75, 3.05) is 5.73 Å². The number of nitrogen functional groups attached to an aromatic ring is 1. The molecule has 0 spiro atoms. The van der Waals surface area contributed by atoms with Crippen LogP contribution in [0.2, 0.25) is 0 Å². The average molecular weight is 364 g/mol. The monoisotopic (exact) mass is 363 g/mol. The Morgan fingerprint density at radius 1 is 1.38 bits per heavy atom. The van der Waals surface area contributed by atoms with Gasteiger partial charge in [0.2, 0.25) is 0 Å². The van der Waals surface area contributed by atoms with Crippen molar-refractivity contribution in [2.45, 2.75) is 12.2 Å². The Balaban J connectivity index is 2.58. The first-order valence-electron chi connectivity index (χ1n) is 5.86. The molecular weight excluding hydrogens is 351 g/mol. The molecule has 21 heavy (non-hydrogen) atoms. The number of aryl methyl sites for hydroxylation is 1. The topological polar surface area (TPSA) is 81.9 Å². The van der Waals surface area contributed by atoms with Gasteiger partial charge in [0.1, 0.15) is 0 Å². The quantitative estimate of drug-likeness (QED) is 0.444. The summed E-state index contributed by atoms with van der Waals surface area (Å²) < 4.78 is 40.7. The minimum absolute atomic E-state index is 0.207. The molecule has 1 aromatic carbocycles. The van der Waals surface area contributed by atoms with Crippen LogP contribution in [0.4, 0.5) is 18.9 Å². The van der Waals surface area contributed by atoms with E-state index in [4.69, 9.17) is 11.6 Å². The summed E-state index contributed by atoms with van der Waals surface area (Å²) >= 11 is 3.30. The predicted molar refractivity (Wildman–Crippen MR) is 75.9 cm³/mol. The Kier molecular flexibility index (Phi) is 4.26. The van der Waals surface area contributed by atoms with Gasteiger partial charge in [-0.15, -0.1) is 0 Å². The van der Waals surface area contributed by atoms with Crippen molar-refractivity contribution in [2.24, 2.45) is 12.9 Å². The second-order valence-electron chi connectivity index (χ2n) is 4.44. The average Bonchev–Trinajstić information content (AvgIpc) is 2.72. The fourth-order valence-corrected chi connectivity index (χ4v) is 2.64. The molecule has 0 amide bonds. The van der Waals surface area contributed by atoms with E-state index < -0.39 is 17.8 Å². The number of aromatic nitrogens is 2.